The van der Waals surface area contributed by atoms with Crippen molar-refractivity contribution in [3.05, 3.63) is 38.7 Å². The maximum Gasteiger partial charge on any atom is 0.492 e. The molecule has 0 spiro atoms. The fourth-order valence-corrected chi connectivity index (χ4v) is 2.80. The molecule has 0 atom stereocenters. The van der Waals surface area contributed by atoms with E-state index in [4.69, 9.17) is 20.9 Å². The standard InChI is InChI=1S/C15H19BBrClO3/c1-14(2)15(3,4)21-16(20-14)11(9-19)7-10-5-6-12(18)8-13(10)17/h5-8,19H,9H2,1-4H3. The summed E-state index contributed by atoms with van der Waals surface area (Å²) in [5.74, 6) is 0. The van der Waals surface area contributed by atoms with Crippen LogP contribution in [0.3, 0.4) is 0 Å². The highest BCUT2D eigenvalue weighted by Crippen LogP contribution is 2.39. The van der Waals surface area contributed by atoms with Gasteiger partial charge in [-0.2, -0.15) is 0 Å². The Hall–Kier alpha value is -0.325. The van der Waals surface area contributed by atoms with Gasteiger partial charge in [0, 0.05) is 9.50 Å². The van der Waals surface area contributed by atoms with Crippen LogP contribution in [0, 0.1) is 0 Å². The second-order valence-corrected chi connectivity index (χ2v) is 7.42. The summed E-state index contributed by atoms with van der Waals surface area (Å²) in [5, 5.41) is 10.3. The Kier molecular flexibility index (Phi) is 4.91. The molecule has 0 saturated carbocycles. The number of halogens is 2. The molecule has 1 fully saturated rings. The van der Waals surface area contributed by atoms with E-state index in [2.05, 4.69) is 15.9 Å². The van der Waals surface area contributed by atoms with Crippen LogP contribution < -0.4 is 0 Å². The van der Waals surface area contributed by atoms with Crippen LogP contribution in [0.1, 0.15) is 33.3 Å². The number of rotatable bonds is 3. The lowest BCUT2D eigenvalue weighted by molar-refractivity contribution is 0.00578. The second kappa shape index (κ2) is 6.05. The zero-order chi connectivity index (χ0) is 15.8. The van der Waals surface area contributed by atoms with Gasteiger partial charge in [0.2, 0.25) is 0 Å². The van der Waals surface area contributed by atoms with Crippen LogP contribution in [0.2, 0.25) is 5.02 Å². The molecule has 0 bridgehead atoms. The lowest BCUT2D eigenvalue weighted by Gasteiger charge is -2.32. The van der Waals surface area contributed by atoms with Crippen LogP contribution in [0.15, 0.2) is 28.1 Å². The first-order valence-electron chi connectivity index (χ1n) is 6.78. The smallest absolute Gasteiger partial charge is 0.400 e. The lowest BCUT2D eigenvalue weighted by Crippen LogP contribution is -2.41. The van der Waals surface area contributed by atoms with Gasteiger partial charge >= 0.3 is 7.12 Å². The van der Waals surface area contributed by atoms with Gasteiger partial charge in [-0.15, -0.1) is 0 Å². The van der Waals surface area contributed by atoms with Crippen molar-refractivity contribution in [3.63, 3.8) is 0 Å². The van der Waals surface area contributed by atoms with E-state index in [0.29, 0.717) is 10.5 Å². The predicted octanol–water partition coefficient (Wildman–Crippen LogP) is 4.11. The van der Waals surface area contributed by atoms with E-state index in [1.165, 1.54) is 0 Å². The zero-order valence-electron chi connectivity index (χ0n) is 12.6. The van der Waals surface area contributed by atoms with Gasteiger partial charge in [0.25, 0.3) is 0 Å². The van der Waals surface area contributed by atoms with Gasteiger partial charge in [-0.3, -0.25) is 0 Å². The Morgan fingerprint density at radius 2 is 1.86 bits per heavy atom. The number of hydrogen-bond donors (Lipinski definition) is 1. The number of hydrogen-bond acceptors (Lipinski definition) is 3. The summed E-state index contributed by atoms with van der Waals surface area (Å²) >= 11 is 9.41. The molecule has 1 N–H and O–H groups in total. The van der Waals surface area contributed by atoms with Crippen molar-refractivity contribution in [2.24, 2.45) is 0 Å². The Bertz CT molecular complexity index is 556. The second-order valence-electron chi connectivity index (χ2n) is 6.13. The molecule has 114 valence electrons. The molecule has 21 heavy (non-hydrogen) atoms. The lowest BCUT2D eigenvalue weighted by atomic mass is 9.77. The molecule has 0 unspecified atom stereocenters. The van der Waals surface area contributed by atoms with Gasteiger partial charge in [-0.1, -0.05) is 39.7 Å². The molecule has 3 nitrogen and oxygen atoms in total. The first kappa shape index (κ1) is 17.0. The summed E-state index contributed by atoms with van der Waals surface area (Å²) in [6.45, 7) is 7.81. The molecule has 2 rings (SSSR count). The molecule has 0 aliphatic carbocycles. The zero-order valence-corrected chi connectivity index (χ0v) is 15.0. The van der Waals surface area contributed by atoms with Crippen molar-refractivity contribution in [2.75, 3.05) is 6.61 Å². The van der Waals surface area contributed by atoms with Crippen LogP contribution in [0.4, 0.5) is 0 Å². The van der Waals surface area contributed by atoms with Crippen molar-refractivity contribution in [2.45, 2.75) is 38.9 Å². The quantitative estimate of drug-likeness (QED) is 0.811. The minimum atomic E-state index is -0.553. The largest absolute Gasteiger partial charge is 0.492 e. The molecule has 0 amide bonds. The highest BCUT2D eigenvalue weighted by atomic mass is 79.9. The highest BCUT2D eigenvalue weighted by molar-refractivity contribution is 9.10. The SMILES string of the molecule is CC1(C)OB(C(=Cc2ccc(Cl)cc2Br)CO)OC1(C)C. The first-order chi connectivity index (χ1) is 9.66. The van der Waals surface area contributed by atoms with Gasteiger partial charge in [-0.25, -0.2) is 0 Å². The Labute approximate surface area is 139 Å². The van der Waals surface area contributed by atoms with E-state index in [9.17, 15) is 5.11 Å². The summed E-state index contributed by atoms with van der Waals surface area (Å²) in [6, 6.07) is 5.50. The first-order valence-corrected chi connectivity index (χ1v) is 7.95. The molecular formula is C15H19BBrClO3. The average Bonchev–Trinajstić information content (AvgIpc) is 2.57. The van der Waals surface area contributed by atoms with E-state index >= 15 is 0 Å². The van der Waals surface area contributed by atoms with Gasteiger partial charge in [-0.05, 0) is 50.9 Å². The Balaban J connectivity index is 2.31. The molecule has 1 saturated heterocycles. The van der Waals surface area contributed by atoms with Crippen molar-refractivity contribution in [3.8, 4) is 0 Å². The third-order valence-corrected chi connectivity index (χ3v) is 4.96. The summed E-state index contributed by atoms with van der Waals surface area (Å²) in [5.41, 5.74) is 0.738. The van der Waals surface area contributed by atoms with Gasteiger partial charge in [0.15, 0.2) is 0 Å². The van der Waals surface area contributed by atoms with Crippen LogP contribution >= 0.6 is 27.5 Å². The van der Waals surface area contributed by atoms with Crippen LogP contribution in [0.25, 0.3) is 6.08 Å². The molecule has 1 aromatic rings. The van der Waals surface area contributed by atoms with E-state index in [0.717, 1.165) is 10.0 Å². The molecule has 1 aliphatic rings. The molecule has 1 aromatic carbocycles. The van der Waals surface area contributed by atoms with Gasteiger partial charge in [0.1, 0.15) is 0 Å². The van der Waals surface area contributed by atoms with Crippen LogP contribution in [0.5, 0.6) is 0 Å². The highest BCUT2D eigenvalue weighted by Gasteiger charge is 2.52. The summed E-state index contributed by atoms with van der Waals surface area (Å²) in [6.07, 6.45) is 1.86. The molecular weight excluding hydrogens is 354 g/mol. The molecule has 1 heterocycles. The fourth-order valence-electron chi connectivity index (χ4n) is 2.00. The van der Waals surface area contributed by atoms with Gasteiger partial charge in [0.05, 0.1) is 17.8 Å². The number of aliphatic hydroxyl groups excluding tert-OH is 1. The molecule has 1 aliphatic heterocycles. The number of benzene rings is 1. The maximum absolute atomic E-state index is 9.66. The van der Waals surface area contributed by atoms with E-state index in [1.807, 2.05) is 45.9 Å². The summed E-state index contributed by atoms with van der Waals surface area (Å²) in [7, 11) is -0.553. The van der Waals surface area contributed by atoms with E-state index < -0.39 is 18.3 Å². The topological polar surface area (TPSA) is 38.7 Å². The van der Waals surface area contributed by atoms with Crippen molar-refractivity contribution in [1.82, 2.24) is 0 Å². The Morgan fingerprint density at radius 1 is 1.29 bits per heavy atom. The van der Waals surface area contributed by atoms with Crippen molar-refractivity contribution < 1.29 is 14.4 Å². The molecule has 0 aromatic heterocycles. The molecule has 6 heteroatoms. The third kappa shape index (κ3) is 3.54. The number of aliphatic hydroxyl groups is 1. The monoisotopic (exact) mass is 372 g/mol. The predicted molar refractivity (Wildman–Crippen MR) is 90.3 cm³/mol. The third-order valence-electron chi connectivity index (χ3n) is 4.04. The van der Waals surface area contributed by atoms with Crippen molar-refractivity contribution in [1.29, 1.82) is 0 Å². The minimum absolute atomic E-state index is 0.133. The molecule has 0 radical (unpaired) electrons. The fraction of sp³-hybridized carbons (Fsp3) is 0.467. The van der Waals surface area contributed by atoms with Crippen LogP contribution in [-0.4, -0.2) is 30.0 Å². The summed E-state index contributed by atoms with van der Waals surface area (Å²) < 4.78 is 12.8. The van der Waals surface area contributed by atoms with E-state index in [1.54, 1.807) is 6.07 Å². The maximum atomic E-state index is 9.66. The van der Waals surface area contributed by atoms with Crippen LogP contribution in [-0.2, 0) is 9.31 Å². The van der Waals surface area contributed by atoms with E-state index in [-0.39, 0.29) is 6.61 Å². The average molecular weight is 373 g/mol. The normalized spacial score (nSPS) is 20.9. The van der Waals surface area contributed by atoms with Gasteiger partial charge < -0.3 is 14.4 Å². The van der Waals surface area contributed by atoms with Crippen molar-refractivity contribution >= 4 is 40.7 Å². The Morgan fingerprint density at radius 3 is 2.33 bits per heavy atom. The summed E-state index contributed by atoms with van der Waals surface area (Å²) in [4.78, 5) is 0. The minimum Gasteiger partial charge on any atom is -0.400 e.